The van der Waals surface area contributed by atoms with Gasteiger partial charge in [0.15, 0.2) is 0 Å². The van der Waals surface area contributed by atoms with Gasteiger partial charge >= 0.3 is 0 Å². The van der Waals surface area contributed by atoms with Crippen LogP contribution in [-0.2, 0) is 4.74 Å². The molecule has 0 radical (unpaired) electrons. The highest BCUT2D eigenvalue weighted by Gasteiger charge is 2.13. The number of ether oxygens (including phenoxy) is 1. The minimum absolute atomic E-state index is 0.155. The highest BCUT2D eigenvalue weighted by Crippen LogP contribution is 2.25. The van der Waals surface area contributed by atoms with Crippen LogP contribution in [0.4, 0.5) is 4.39 Å². The van der Waals surface area contributed by atoms with Gasteiger partial charge in [-0.2, -0.15) is 0 Å². The van der Waals surface area contributed by atoms with E-state index in [0.29, 0.717) is 10.0 Å². The summed E-state index contributed by atoms with van der Waals surface area (Å²) in [6, 6.07) is 4.53. The number of benzene rings is 1. The third kappa shape index (κ3) is 2.49. The molecule has 1 N–H and O–H groups in total. The number of aliphatic hydroxyl groups excluding tert-OH is 1. The van der Waals surface area contributed by atoms with Crippen molar-refractivity contribution in [3.63, 3.8) is 0 Å². The quantitative estimate of drug-likeness (QED) is 0.890. The van der Waals surface area contributed by atoms with Crippen molar-refractivity contribution in [2.75, 3.05) is 13.7 Å². The van der Waals surface area contributed by atoms with E-state index < -0.39 is 6.10 Å². The van der Waals surface area contributed by atoms with Gasteiger partial charge in [0.1, 0.15) is 11.9 Å². The van der Waals surface area contributed by atoms with Gasteiger partial charge in [-0.1, -0.05) is 12.1 Å². The SMILES string of the molecule is COCC(O)c1cccc(F)c1Br. The maximum atomic E-state index is 13.0. The highest BCUT2D eigenvalue weighted by molar-refractivity contribution is 9.10. The van der Waals surface area contributed by atoms with Crippen LogP contribution in [0.5, 0.6) is 0 Å². The lowest BCUT2D eigenvalue weighted by Crippen LogP contribution is -2.06. The fourth-order valence-electron chi connectivity index (χ4n) is 1.03. The molecule has 0 saturated heterocycles. The molecule has 0 bridgehead atoms. The number of rotatable bonds is 3. The minimum Gasteiger partial charge on any atom is -0.386 e. The molecule has 0 fully saturated rings. The van der Waals surface area contributed by atoms with Crippen LogP contribution in [0.25, 0.3) is 0 Å². The molecular weight excluding hydrogens is 239 g/mol. The molecule has 0 aliphatic heterocycles. The van der Waals surface area contributed by atoms with Crippen LogP contribution in [0.1, 0.15) is 11.7 Å². The fourth-order valence-corrected chi connectivity index (χ4v) is 1.55. The normalized spacial score (nSPS) is 12.9. The third-order valence-electron chi connectivity index (χ3n) is 1.66. The second-order valence-electron chi connectivity index (χ2n) is 2.61. The summed E-state index contributed by atoms with van der Waals surface area (Å²) in [6.07, 6.45) is -0.796. The molecule has 4 heteroatoms. The van der Waals surface area contributed by atoms with E-state index in [4.69, 9.17) is 4.74 Å². The van der Waals surface area contributed by atoms with Crippen LogP contribution in [0, 0.1) is 5.82 Å². The molecule has 0 aliphatic carbocycles. The first kappa shape index (κ1) is 10.6. The standard InChI is InChI=1S/C9H10BrFO2/c1-13-5-8(12)6-3-2-4-7(11)9(6)10/h2-4,8,12H,5H2,1H3. The van der Waals surface area contributed by atoms with Crippen LogP contribution in [0.2, 0.25) is 0 Å². The predicted octanol–water partition coefficient (Wildman–Crippen LogP) is 2.27. The molecule has 0 aromatic heterocycles. The van der Waals surface area contributed by atoms with E-state index in [-0.39, 0.29) is 12.4 Å². The molecule has 0 spiro atoms. The van der Waals surface area contributed by atoms with E-state index in [1.165, 1.54) is 13.2 Å². The van der Waals surface area contributed by atoms with E-state index in [0.717, 1.165) is 0 Å². The maximum absolute atomic E-state index is 13.0. The molecule has 1 rings (SSSR count). The molecular formula is C9H10BrFO2. The summed E-state index contributed by atoms with van der Waals surface area (Å²) >= 11 is 3.06. The molecule has 0 saturated carbocycles. The topological polar surface area (TPSA) is 29.5 Å². The fraction of sp³-hybridized carbons (Fsp3) is 0.333. The van der Waals surface area contributed by atoms with Crippen molar-refractivity contribution in [3.05, 3.63) is 34.1 Å². The second kappa shape index (κ2) is 4.69. The molecule has 1 aromatic rings. The van der Waals surface area contributed by atoms with Gasteiger partial charge in [-0.25, -0.2) is 4.39 Å². The van der Waals surface area contributed by atoms with E-state index in [1.807, 2.05) is 0 Å². The number of aliphatic hydroxyl groups is 1. The van der Waals surface area contributed by atoms with Crippen molar-refractivity contribution in [3.8, 4) is 0 Å². The first-order chi connectivity index (χ1) is 6.16. The Morgan fingerprint density at radius 3 is 2.92 bits per heavy atom. The van der Waals surface area contributed by atoms with Gasteiger partial charge < -0.3 is 9.84 Å². The average Bonchev–Trinajstić information content (AvgIpc) is 2.10. The first-order valence-corrected chi connectivity index (χ1v) is 4.57. The van der Waals surface area contributed by atoms with Crippen molar-refractivity contribution in [2.45, 2.75) is 6.10 Å². The molecule has 1 atom stereocenters. The Morgan fingerprint density at radius 1 is 1.62 bits per heavy atom. The number of hydrogen-bond donors (Lipinski definition) is 1. The van der Waals surface area contributed by atoms with Crippen molar-refractivity contribution in [1.29, 1.82) is 0 Å². The summed E-state index contributed by atoms with van der Waals surface area (Å²) in [5, 5.41) is 9.50. The lowest BCUT2D eigenvalue weighted by Gasteiger charge is -2.11. The van der Waals surface area contributed by atoms with Gasteiger partial charge in [0.05, 0.1) is 11.1 Å². The van der Waals surface area contributed by atoms with Crippen LogP contribution >= 0.6 is 15.9 Å². The summed E-state index contributed by atoms with van der Waals surface area (Å²) in [7, 11) is 1.48. The number of halogens is 2. The molecule has 72 valence electrons. The zero-order valence-corrected chi connectivity index (χ0v) is 8.71. The van der Waals surface area contributed by atoms with E-state index in [9.17, 15) is 9.50 Å². The Balaban J connectivity index is 2.93. The highest BCUT2D eigenvalue weighted by atomic mass is 79.9. The predicted molar refractivity (Wildman–Crippen MR) is 50.9 cm³/mol. The molecule has 1 aromatic carbocycles. The monoisotopic (exact) mass is 248 g/mol. The van der Waals surface area contributed by atoms with Gasteiger partial charge in [-0.3, -0.25) is 0 Å². The van der Waals surface area contributed by atoms with Gasteiger partial charge in [0.2, 0.25) is 0 Å². The Kier molecular flexibility index (Phi) is 3.84. The van der Waals surface area contributed by atoms with E-state index in [1.54, 1.807) is 12.1 Å². The Labute approximate surface area is 84.5 Å². The van der Waals surface area contributed by atoms with Crippen LogP contribution in [0.15, 0.2) is 22.7 Å². The van der Waals surface area contributed by atoms with E-state index >= 15 is 0 Å². The number of hydrogen-bond acceptors (Lipinski definition) is 2. The van der Waals surface area contributed by atoms with Crippen molar-refractivity contribution in [1.82, 2.24) is 0 Å². The zero-order valence-electron chi connectivity index (χ0n) is 7.13. The first-order valence-electron chi connectivity index (χ1n) is 3.77. The summed E-state index contributed by atoms with van der Waals surface area (Å²) in [4.78, 5) is 0. The largest absolute Gasteiger partial charge is 0.386 e. The van der Waals surface area contributed by atoms with Crippen molar-refractivity contribution in [2.24, 2.45) is 0 Å². The van der Waals surface area contributed by atoms with Crippen molar-refractivity contribution >= 4 is 15.9 Å². The summed E-state index contributed by atoms with van der Waals surface area (Å²) < 4.78 is 18.0. The molecule has 2 nitrogen and oxygen atoms in total. The summed E-state index contributed by atoms with van der Waals surface area (Å²) in [6.45, 7) is 0.155. The van der Waals surface area contributed by atoms with Gasteiger partial charge in [0.25, 0.3) is 0 Å². The molecule has 0 amide bonds. The van der Waals surface area contributed by atoms with Crippen LogP contribution < -0.4 is 0 Å². The summed E-state index contributed by atoms with van der Waals surface area (Å²) in [5.41, 5.74) is 0.502. The Morgan fingerprint density at radius 2 is 2.31 bits per heavy atom. The molecule has 0 heterocycles. The van der Waals surface area contributed by atoms with Gasteiger partial charge in [0, 0.05) is 7.11 Å². The average molecular weight is 249 g/mol. The Bertz CT molecular complexity index is 291. The Hall–Kier alpha value is -0.450. The van der Waals surface area contributed by atoms with Crippen LogP contribution in [0.3, 0.4) is 0 Å². The lowest BCUT2D eigenvalue weighted by atomic mass is 10.1. The second-order valence-corrected chi connectivity index (χ2v) is 3.41. The zero-order chi connectivity index (χ0) is 9.84. The smallest absolute Gasteiger partial charge is 0.137 e. The van der Waals surface area contributed by atoms with Crippen LogP contribution in [-0.4, -0.2) is 18.8 Å². The lowest BCUT2D eigenvalue weighted by molar-refractivity contribution is 0.0637. The maximum Gasteiger partial charge on any atom is 0.137 e. The van der Waals surface area contributed by atoms with Gasteiger partial charge in [-0.15, -0.1) is 0 Å². The van der Waals surface area contributed by atoms with E-state index in [2.05, 4.69) is 15.9 Å². The van der Waals surface area contributed by atoms with Gasteiger partial charge in [-0.05, 0) is 27.6 Å². The molecule has 13 heavy (non-hydrogen) atoms. The molecule has 0 aliphatic rings. The minimum atomic E-state index is -0.796. The molecule has 1 unspecified atom stereocenters. The van der Waals surface area contributed by atoms with Crippen molar-refractivity contribution < 1.29 is 14.2 Å². The third-order valence-corrected chi connectivity index (χ3v) is 2.50. The number of methoxy groups -OCH3 is 1. The summed E-state index contributed by atoms with van der Waals surface area (Å²) in [5.74, 6) is -0.382.